The van der Waals surface area contributed by atoms with Gasteiger partial charge < -0.3 is 9.88 Å². The third-order valence-electron chi connectivity index (χ3n) is 2.97. The first-order chi connectivity index (χ1) is 9.53. The molecule has 0 radical (unpaired) electrons. The van der Waals surface area contributed by atoms with E-state index >= 15 is 0 Å². The van der Waals surface area contributed by atoms with Gasteiger partial charge in [0.1, 0.15) is 0 Å². The Hall–Kier alpha value is -1.70. The summed E-state index contributed by atoms with van der Waals surface area (Å²) in [6.45, 7) is 0.873. The first-order valence-corrected chi connectivity index (χ1v) is 7.69. The highest BCUT2D eigenvalue weighted by atomic mass is 32.2. The first-order valence-electron chi connectivity index (χ1n) is 6.21. The van der Waals surface area contributed by atoms with Crippen LogP contribution in [-0.2, 0) is 30.2 Å². The molecule has 108 valence electrons. The van der Waals surface area contributed by atoms with E-state index in [4.69, 9.17) is 0 Å². The number of aryl methyl sites for hydroxylation is 1. The molecule has 2 rings (SSSR count). The van der Waals surface area contributed by atoms with Crippen LogP contribution in [-0.4, -0.2) is 25.0 Å². The topological polar surface area (TPSA) is 76.0 Å². The molecular formula is C13H18N4O2S. The molecule has 0 spiro atoms. The van der Waals surface area contributed by atoms with E-state index in [-0.39, 0.29) is 11.4 Å². The average Bonchev–Trinajstić information content (AvgIpc) is 2.81. The fourth-order valence-corrected chi connectivity index (χ4v) is 2.95. The third-order valence-corrected chi connectivity index (χ3v) is 4.33. The molecule has 2 N–H and O–H groups in total. The summed E-state index contributed by atoms with van der Waals surface area (Å²) in [5.41, 5.74) is 1.78. The van der Waals surface area contributed by atoms with Gasteiger partial charge in [0.05, 0.1) is 4.90 Å². The quantitative estimate of drug-likeness (QED) is 0.819. The predicted octanol–water partition coefficient (Wildman–Crippen LogP) is 0.618. The Bertz CT molecular complexity index is 665. The van der Waals surface area contributed by atoms with E-state index in [1.54, 1.807) is 41.4 Å². The zero-order chi connectivity index (χ0) is 14.6. The van der Waals surface area contributed by atoms with Crippen LogP contribution in [0.4, 0.5) is 0 Å². The van der Waals surface area contributed by atoms with Crippen LogP contribution >= 0.6 is 0 Å². The maximum atomic E-state index is 12.2. The van der Waals surface area contributed by atoms with Gasteiger partial charge in [-0.15, -0.1) is 0 Å². The van der Waals surface area contributed by atoms with Crippen LogP contribution in [0.1, 0.15) is 11.3 Å². The summed E-state index contributed by atoms with van der Waals surface area (Å²) >= 11 is 0. The molecule has 0 atom stereocenters. The molecule has 0 amide bonds. The third kappa shape index (κ3) is 3.44. The minimum absolute atomic E-state index is 0.251. The number of rotatable bonds is 6. The van der Waals surface area contributed by atoms with Crippen LogP contribution in [0.25, 0.3) is 0 Å². The van der Waals surface area contributed by atoms with Gasteiger partial charge >= 0.3 is 0 Å². The highest BCUT2D eigenvalue weighted by Crippen LogP contribution is 2.13. The Morgan fingerprint density at radius 3 is 2.60 bits per heavy atom. The van der Waals surface area contributed by atoms with Crippen LogP contribution in [0.5, 0.6) is 0 Å². The Morgan fingerprint density at radius 1 is 1.25 bits per heavy atom. The molecular weight excluding hydrogens is 276 g/mol. The lowest BCUT2D eigenvalue weighted by Crippen LogP contribution is -2.22. The van der Waals surface area contributed by atoms with Crippen LogP contribution in [0.2, 0.25) is 0 Å². The lowest BCUT2D eigenvalue weighted by molar-refractivity contribution is 0.581. The second-order valence-corrected chi connectivity index (χ2v) is 6.26. The molecule has 0 saturated carbocycles. The zero-order valence-corrected chi connectivity index (χ0v) is 12.3. The van der Waals surface area contributed by atoms with Crippen molar-refractivity contribution in [3.8, 4) is 0 Å². The van der Waals surface area contributed by atoms with E-state index in [0.717, 1.165) is 11.3 Å². The number of hydrogen-bond donors (Lipinski definition) is 2. The lowest BCUT2D eigenvalue weighted by Gasteiger charge is -2.04. The van der Waals surface area contributed by atoms with E-state index in [0.29, 0.717) is 6.54 Å². The molecule has 0 aliphatic heterocycles. The summed E-state index contributed by atoms with van der Waals surface area (Å²) in [5.74, 6) is 0. The molecule has 20 heavy (non-hydrogen) atoms. The molecule has 2 aromatic rings. The maximum absolute atomic E-state index is 12.2. The molecule has 6 nitrogen and oxygen atoms in total. The van der Waals surface area contributed by atoms with Crippen molar-refractivity contribution >= 4 is 10.0 Å². The Labute approximate surface area is 118 Å². The molecule has 0 aliphatic rings. The van der Waals surface area contributed by atoms with Crippen molar-refractivity contribution < 1.29 is 8.42 Å². The van der Waals surface area contributed by atoms with Crippen molar-refractivity contribution in [2.45, 2.75) is 18.0 Å². The van der Waals surface area contributed by atoms with Crippen molar-refractivity contribution in [2.75, 3.05) is 7.05 Å². The minimum Gasteiger partial charge on any atom is -0.352 e. The van der Waals surface area contributed by atoms with Crippen LogP contribution < -0.4 is 10.0 Å². The van der Waals surface area contributed by atoms with Crippen molar-refractivity contribution in [1.29, 1.82) is 0 Å². The summed E-state index contributed by atoms with van der Waals surface area (Å²) in [6.07, 6.45) is 4.88. The first kappa shape index (κ1) is 14.7. The Kier molecular flexibility index (Phi) is 4.53. The number of hydrogen-bond acceptors (Lipinski definition) is 4. The molecule has 0 unspecified atom stereocenters. The Morgan fingerprint density at radius 2 is 1.95 bits per heavy atom. The van der Waals surface area contributed by atoms with E-state index in [1.165, 1.54) is 0 Å². The van der Waals surface area contributed by atoms with Gasteiger partial charge in [0.2, 0.25) is 10.0 Å². The second-order valence-electron chi connectivity index (χ2n) is 4.49. The summed E-state index contributed by atoms with van der Waals surface area (Å²) in [6, 6.07) is 5.23. The molecule has 0 fully saturated rings. The van der Waals surface area contributed by atoms with Gasteiger partial charge in [-0.25, -0.2) is 13.1 Å². The van der Waals surface area contributed by atoms with Crippen LogP contribution in [0.15, 0.2) is 41.7 Å². The molecule has 2 heterocycles. The summed E-state index contributed by atoms with van der Waals surface area (Å²) in [4.78, 5) is 4.17. The molecule has 7 heteroatoms. The molecule has 0 aliphatic carbocycles. The normalized spacial score (nSPS) is 11.7. The second kappa shape index (κ2) is 6.17. The number of nitrogens with zero attached hydrogens (tertiary/aromatic N) is 2. The summed E-state index contributed by atoms with van der Waals surface area (Å²) in [5, 5.41) is 3.00. The predicted molar refractivity (Wildman–Crippen MR) is 76.4 cm³/mol. The van der Waals surface area contributed by atoms with Gasteiger partial charge in [-0.1, -0.05) is 0 Å². The maximum Gasteiger partial charge on any atom is 0.242 e. The fraction of sp³-hybridized carbons (Fsp3) is 0.308. The average molecular weight is 294 g/mol. The SMILES string of the molecule is CNCc1cc(S(=O)(=O)NCc2ccncc2)cn1C. The van der Waals surface area contributed by atoms with Crippen LogP contribution in [0, 0.1) is 0 Å². The molecule has 0 bridgehead atoms. The molecule has 2 aromatic heterocycles. The van der Waals surface area contributed by atoms with Crippen LogP contribution in [0.3, 0.4) is 0 Å². The summed E-state index contributed by atoms with van der Waals surface area (Å²) in [7, 11) is 0.153. The minimum atomic E-state index is -3.50. The lowest BCUT2D eigenvalue weighted by atomic mass is 10.3. The van der Waals surface area contributed by atoms with Gasteiger partial charge in [0.25, 0.3) is 0 Å². The highest BCUT2D eigenvalue weighted by molar-refractivity contribution is 7.89. The summed E-state index contributed by atoms with van der Waals surface area (Å²) < 4.78 is 28.8. The zero-order valence-electron chi connectivity index (χ0n) is 11.5. The van der Waals surface area contributed by atoms with Crippen molar-refractivity contribution in [3.63, 3.8) is 0 Å². The van der Waals surface area contributed by atoms with Gasteiger partial charge in [-0.05, 0) is 30.8 Å². The van der Waals surface area contributed by atoms with Crippen molar-refractivity contribution in [3.05, 3.63) is 48.0 Å². The number of nitrogens with one attached hydrogen (secondary N) is 2. The van der Waals surface area contributed by atoms with Crippen molar-refractivity contribution in [2.24, 2.45) is 7.05 Å². The van der Waals surface area contributed by atoms with E-state index in [9.17, 15) is 8.42 Å². The van der Waals surface area contributed by atoms with Gasteiger partial charge in [-0.3, -0.25) is 4.98 Å². The van der Waals surface area contributed by atoms with E-state index in [1.807, 2.05) is 14.1 Å². The smallest absolute Gasteiger partial charge is 0.242 e. The number of aromatic nitrogens is 2. The standard InChI is InChI=1S/C13H18N4O2S/c1-14-9-12-7-13(10-17(12)2)20(18,19)16-8-11-3-5-15-6-4-11/h3-7,10,14,16H,8-9H2,1-2H3. The Balaban J connectivity index is 2.12. The van der Waals surface area contributed by atoms with Gasteiger partial charge in [0, 0.05) is 44.4 Å². The highest BCUT2D eigenvalue weighted by Gasteiger charge is 2.17. The molecule has 0 aromatic carbocycles. The monoisotopic (exact) mass is 294 g/mol. The van der Waals surface area contributed by atoms with Gasteiger partial charge in [-0.2, -0.15) is 0 Å². The van der Waals surface area contributed by atoms with E-state index in [2.05, 4.69) is 15.0 Å². The van der Waals surface area contributed by atoms with E-state index < -0.39 is 10.0 Å². The number of pyridine rings is 1. The molecule has 0 saturated heterocycles. The largest absolute Gasteiger partial charge is 0.352 e. The van der Waals surface area contributed by atoms with Crippen molar-refractivity contribution in [1.82, 2.24) is 19.6 Å². The fourth-order valence-electron chi connectivity index (χ4n) is 1.84. The van der Waals surface area contributed by atoms with Gasteiger partial charge in [0.15, 0.2) is 0 Å². The number of sulfonamides is 1.